The Morgan fingerprint density at radius 1 is 1.21 bits per heavy atom. The SMILES string of the molecule is CCNS(=O)(=O)c1ccc(C)c(C(=O)NC(C)c2ccncc2)c1. The molecule has 24 heavy (non-hydrogen) atoms. The van der Waals surface area contributed by atoms with Crippen LogP contribution >= 0.6 is 0 Å². The lowest BCUT2D eigenvalue weighted by atomic mass is 10.1. The van der Waals surface area contributed by atoms with Gasteiger partial charge in [0.15, 0.2) is 0 Å². The minimum Gasteiger partial charge on any atom is -0.346 e. The van der Waals surface area contributed by atoms with Crippen LogP contribution in [0.5, 0.6) is 0 Å². The molecule has 2 N–H and O–H groups in total. The van der Waals surface area contributed by atoms with Gasteiger partial charge in [-0.1, -0.05) is 13.0 Å². The van der Waals surface area contributed by atoms with E-state index in [1.165, 1.54) is 12.1 Å². The van der Waals surface area contributed by atoms with Crippen molar-refractivity contribution >= 4 is 15.9 Å². The molecule has 1 atom stereocenters. The molecule has 128 valence electrons. The van der Waals surface area contributed by atoms with E-state index in [0.717, 1.165) is 5.56 Å². The van der Waals surface area contributed by atoms with Crippen molar-refractivity contribution in [3.8, 4) is 0 Å². The summed E-state index contributed by atoms with van der Waals surface area (Å²) in [6.07, 6.45) is 3.32. The number of hydrogen-bond acceptors (Lipinski definition) is 4. The summed E-state index contributed by atoms with van der Waals surface area (Å²) >= 11 is 0. The first kappa shape index (κ1) is 18.1. The van der Waals surface area contributed by atoms with Gasteiger partial charge in [-0.3, -0.25) is 9.78 Å². The van der Waals surface area contributed by atoms with Crippen LogP contribution in [0.25, 0.3) is 0 Å². The summed E-state index contributed by atoms with van der Waals surface area (Å²) in [5, 5.41) is 2.88. The van der Waals surface area contributed by atoms with E-state index in [4.69, 9.17) is 0 Å². The van der Waals surface area contributed by atoms with Gasteiger partial charge in [-0.15, -0.1) is 0 Å². The molecule has 0 fully saturated rings. The Balaban J connectivity index is 2.26. The maximum absolute atomic E-state index is 12.5. The lowest BCUT2D eigenvalue weighted by Gasteiger charge is -2.16. The first-order valence-corrected chi connectivity index (χ1v) is 9.14. The second kappa shape index (κ2) is 7.55. The van der Waals surface area contributed by atoms with Gasteiger partial charge < -0.3 is 5.32 Å². The standard InChI is InChI=1S/C17H21N3O3S/c1-4-19-24(22,23)15-6-5-12(2)16(11-15)17(21)20-13(3)14-7-9-18-10-8-14/h5-11,13,19H,4H2,1-3H3,(H,20,21). The number of nitrogens with zero attached hydrogens (tertiary/aromatic N) is 1. The van der Waals surface area contributed by atoms with Crippen molar-refractivity contribution < 1.29 is 13.2 Å². The fourth-order valence-corrected chi connectivity index (χ4v) is 3.36. The Hall–Kier alpha value is -2.25. The molecule has 0 aliphatic heterocycles. The molecule has 1 amide bonds. The van der Waals surface area contributed by atoms with Gasteiger partial charge >= 0.3 is 0 Å². The number of aromatic nitrogens is 1. The van der Waals surface area contributed by atoms with Gasteiger partial charge in [0, 0.05) is 24.5 Å². The molecular weight excluding hydrogens is 326 g/mol. The van der Waals surface area contributed by atoms with E-state index in [0.29, 0.717) is 11.1 Å². The molecule has 0 aliphatic rings. The molecule has 1 aromatic heterocycles. The number of rotatable bonds is 6. The van der Waals surface area contributed by atoms with Gasteiger partial charge in [0.05, 0.1) is 10.9 Å². The van der Waals surface area contributed by atoms with Crippen LogP contribution in [-0.4, -0.2) is 25.9 Å². The maximum atomic E-state index is 12.5. The number of pyridine rings is 1. The Morgan fingerprint density at radius 3 is 2.50 bits per heavy atom. The van der Waals surface area contributed by atoms with Crippen molar-refractivity contribution in [2.24, 2.45) is 0 Å². The predicted octanol–water partition coefficient (Wildman–Crippen LogP) is 2.18. The summed E-state index contributed by atoms with van der Waals surface area (Å²) in [5.74, 6) is -0.314. The average molecular weight is 347 g/mol. The molecular formula is C17H21N3O3S. The van der Waals surface area contributed by atoms with Crippen molar-refractivity contribution in [2.75, 3.05) is 6.54 Å². The van der Waals surface area contributed by atoms with Crippen LogP contribution in [0.3, 0.4) is 0 Å². The molecule has 6 nitrogen and oxygen atoms in total. The first-order valence-electron chi connectivity index (χ1n) is 7.66. The third-order valence-electron chi connectivity index (χ3n) is 3.65. The van der Waals surface area contributed by atoms with Crippen molar-refractivity contribution in [1.29, 1.82) is 0 Å². The molecule has 7 heteroatoms. The second-order valence-corrected chi connectivity index (χ2v) is 7.22. The third-order valence-corrected chi connectivity index (χ3v) is 5.20. The summed E-state index contributed by atoms with van der Waals surface area (Å²) in [7, 11) is -3.60. The van der Waals surface area contributed by atoms with Crippen LogP contribution in [0.1, 0.15) is 41.4 Å². The number of carbonyl (C=O) groups excluding carboxylic acids is 1. The highest BCUT2D eigenvalue weighted by Crippen LogP contribution is 2.17. The highest BCUT2D eigenvalue weighted by atomic mass is 32.2. The number of sulfonamides is 1. The Kier molecular flexibility index (Phi) is 5.69. The number of amides is 1. The highest BCUT2D eigenvalue weighted by Gasteiger charge is 2.18. The van der Waals surface area contributed by atoms with E-state index in [1.807, 2.05) is 19.1 Å². The lowest BCUT2D eigenvalue weighted by molar-refractivity contribution is 0.0939. The van der Waals surface area contributed by atoms with Gasteiger partial charge in [0.2, 0.25) is 10.0 Å². The fourth-order valence-electron chi connectivity index (χ4n) is 2.30. The molecule has 1 unspecified atom stereocenters. The van der Waals surface area contributed by atoms with E-state index < -0.39 is 10.0 Å². The minimum absolute atomic E-state index is 0.0802. The number of aryl methyl sites for hydroxylation is 1. The van der Waals surface area contributed by atoms with Crippen LogP contribution in [0, 0.1) is 6.92 Å². The minimum atomic E-state index is -3.60. The monoisotopic (exact) mass is 347 g/mol. The second-order valence-electron chi connectivity index (χ2n) is 5.45. The zero-order valence-electron chi connectivity index (χ0n) is 13.9. The highest BCUT2D eigenvalue weighted by molar-refractivity contribution is 7.89. The lowest BCUT2D eigenvalue weighted by Crippen LogP contribution is -2.28. The molecule has 1 aromatic carbocycles. The van der Waals surface area contributed by atoms with E-state index in [2.05, 4.69) is 15.0 Å². The molecule has 0 saturated heterocycles. The smallest absolute Gasteiger partial charge is 0.252 e. The Morgan fingerprint density at radius 2 is 1.88 bits per heavy atom. The summed E-state index contributed by atoms with van der Waals surface area (Å²) in [6.45, 7) is 5.63. The quantitative estimate of drug-likeness (QED) is 0.838. The maximum Gasteiger partial charge on any atom is 0.252 e. The van der Waals surface area contributed by atoms with Crippen molar-refractivity contribution in [1.82, 2.24) is 15.0 Å². The number of hydrogen-bond donors (Lipinski definition) is 2. The molecule has 0 spiro atoms. The fraction of sp³-hybridized carbons (Fsp3) is 0.294. The van der Waals surface area contributed by atoms with Crippen LogP contribution in [0.2, 0.25) is 0 Å². The van der Waals surface area contributed by atoms with E-state index in [-0.39, 0.29) is 23.4 Å². The molecule has 0 aliphatic carbocycles. The summed E-state index contributed by atoms with van der Waals surface area (Å²) in [4.78, 5) is 16.6. The number of benzene rings is 1. The molecule has 0 saturated carbocycles. The zero-order chi connectivity index (χ0) is 17.7. The summed E-state index contributed by atoms with van der Waals surface area (Å²) in [6, 6.07) is 7.97. The Labute approximate surface area is 142 Å². The average Bonchev–Trinajstić information content (AvgIpc) is 2.55. The van der Waals surface area contributed by atoms with Crippen LogP contribution < -0.4 is 10.0 Å². The van der Waals surface area contributed by atoms with E-state index in [9.17, 15) is 13.2 Å². The number of nitrogens with one attached hydrogen (secondary N) is 2. The Bertz CT molecular complexity index is 820. The molecule has 0 bridgehead atoms. The summed E-state index contributed by atoms with van der Waals surface area (Å²) < 4.78 is 26.6. The predicted molar refractivity (Wildman–Crippen MR) is 92.2 cm³/mol. The summed E-state index contributed by atoms with van der Waals surface area (Å²) in [5.41, 5.74) is 1.98. The molecule has 2 rings (SSSR count). The van der Waals surface area contributed by atoms with Gasteiger partial charge in [-0.25, -0.2) is 13.1 Å². The van der Waals surface area contributed by atoms with Crippen molar-refractivity contribution in [2.45, 2.75) is 31.7 Å². The van der Waals surface area contributed by atoms with E-state index in [1.54, 1.807) is 32.3 Å². The van der Waals surface area contributed by atoms with E-state index >= 15 is 0 Å². The van der Waals surface area contributed by atoms with Crippen molar-refractivity contribution in [3.05, 3.63) is 59.4 Å². The normalized spacial score (nSPS) is 12.6. The van der Waals surface area contributed by atoms with Gasteiger partial charge in [-0.2, -0.15) is 0 Å². The van der Waals surface area contributed by atoms with Gasteiger partial charge in [0.25, 0.3) is 5.91 Å². The topological polar surface area (TPSA) is 88.2 Å². The third kappa shape index (κ3) is 4.18. The van der Waals surface area contributed by atoms with Crippen LogP contribution in [-0.2, 0) is 10.0 Å². The molecule has 0 radical (unpaired) electrons. The van der Waals surface area contributed by atoms with Gasteiger partial charge in [-0.05, 0) is 49.2 Å². The van der Waals surface area contributed by atoms with Crippen molar-refractivity contribution in [3.63, 3.8) is 0 Å². The van der Waals surface area contributed by atoms with Crippen LogP contribution in [0.15, 0.2) is 47.6 Å². The molecule has 1 heterocycles. The number of carbonyl (C=O) groups is 1. The largest absolute Gasteiger partial charge is 0.346 e. The zero-order valence-corrected chi connectivity index (χ0v) is 14.7. The van der Waals surface area contributed by atoms with Gasteiger partial charge in [0.1, 0.15) is 0 Å². The van der Waals surface area contributed by atoms with Crippen LogP contribution in [0.4, 0.5) is 0 Å². The molecule has 2 aromatic rings. The first-order chi connectivity index (χ1) is 11.3.